The third-order valence-electron chi connectivity index (χ3n) is 4.10. The van der Waals surface area contributed by atoms with E-state index in [-0.39, 0.29) is 0 Å². The number of hydrogen-bond donors (Lipinski definition) is 0. The molecule has 0 fully saturated rings. The Labute approximate surface area is 150 Å². The Bertz CT molecular complexity index is 888. The van der Waals surface area contributed by atoms with Crippen LogP contribution in [0, 0.1) is 29.1 Å². The van der Waals surface area contributed by atoms with Gasteiger partial charge in [-0.2, -0.15) is 0 Å². The van der Waals surface area contributed by atoms with Crippen molar-refractivity contribution in [2.45, 2.75) is 12.8 Å². The summed E-state index contributed by atoms with van der Waals surface area (Å²) in [5.74, 6) is -10.9. The fourth-order valence-corrected chi connectivity index (χ4v) is 2.79. The number of para-hydroxylation sites is 1. The van der Waals surface area contributed by atoms with E-state index < -0.39 is 47.2 Å². The number of oxime groups is 1. The number of carbonyl (C=O) groups excluding carboxylic acids is 1. The highest BCUT2D eigenvalue weighted by Gasteiger charge is 2.25. The molecule has 1 aliphatic rings. The van der Waals surface area contributed by atoms with Crippen molar-refractivity contribution in [3.05, 3.63) is 64.5 Å². The van der Waals surface area contributed by atoms with Gasteiger partial charge in [0.1, 0.15) is 0 Å². The molecule has 0 spiro atoms. The van der Waals surface area contributed by atoms with Crippen molar-refractivity contribution in [2.75, 3.05) is 18.1 Å². The number of anilines is 1. The molecule has 1 aliphatic heterocycles. The minimum absolute atomic E-state index is 0.341. The molecule has 0 saturated carbocycles. The quantitative estimate of drug-likeness (QED) is 0.265. The van der Waals surface area contributed by atoms with E-state index in [1.165, 1.54) is 4.90 Å². The molecule has 4 nitrogen and oxygen atoms in total. The second-order valence-corrected chi connectivity index (χ2v) is 5.77. The van der Waals surface area contributed by atoms with E-state index in [0.29, 0.717) is 12.8 Å². The number of fused-ring (bicyclic) bond motifs is 1. The summed E-state index contributed by atoms with van der Waals surface area (Å²) < 4.78 is 66.2. The van der Waals surface area contributed by atoms with Gasteiger partial charge >= 0.3 is 0 Å². The van der Waals surface area contributed by atoms with Crippen molar-refractivity contribution >= 4 is 17.8 Å². The molecule has 1 heterocycles. The van der Waals surface area contributed by atoms with Crippen LogP contribution in [-0.4, -0.2) is 25.3 Å². The first-order valence-corrected chi connectivity index (χ1v) is 7.97. The summed E-state index contributed by atoms with van der Waals surface area (Å²) in [6.45, 7) is -0.0825. The number of hydrogen-bond acceptors (Lipinski definition) is 3. The summed E-state index contributed by atoms with van der Waals surface area (Å²) in [4.78, 5) is 18.5. The van der Waals surface area contributed by atoms with Crippen LogP contribution in [0.3, 0.4) is 0 Å². The van der Waals surface area contributed by atoms with Crippen molar-refractivity contribution in [3.63, 3.8) is 0 Å². The molecule has 0 aromatic heterocycles. The molecule has 142 valence electrons. The molecule has 2 aromatic carbocycles. The first kappa shape index (κ1) is 18.8. The molecular weight excluding hydrogens is 371 g/mol. The van der Waals surface area contributed by atoms with Gasteiger partial charge in [0, 0.05) is 12.2 Å². The molecule has 27 heavy (non-hydrogen) atoms. The lowest BCUT2D eigenvalue weighted by Crippen LogP contribution is -2.37. The van der Waals surface area contributed by atoms with Crippen LogP contribution in [0.2, 0.25) is 0 Å². The first-order valence-electron chi connectivity index (χ1n) is 7.97. The van der Waals surface area contributed by atoms with Gasteiger partial charge in [0.25, 0.3) is 5.91 Å². The first-order chi connectivity index (χ1) is 12.9. The largest absolute Gasteiger partial charge is 0.386 e. The molecule has 0 N–H and O–H groups in total. The van der Waals surface area contributed by atoms with Gasteiger partial charge < -0.3 is 9.74 Å². The summed E-state index contributed by atoms with van der Waals surface area (Å²) in [6, 6.07) is 7.33. The molecular formula is C18H13F5N2O2. The molecule has 3 rings (SSSR count). The van der Waals surface area contributed by atoms with Gasteiger partial charge in [-0.05, 0) is 24.5 Å². The third kappa shape index (κ3) is 3.62. The van der Waals surface area contributed by atoms with Crippen LogP contribution in [0.1, 0.15) is 17.5 Å². The lowest BCUT2D eigenvalue weighted by Gasteiger charge is -2.28. The van der Waals surface area contributed by atoms with Crippen molar-refractivity contribution in [2.24, 2.45) is 5.16 Å². The summed E-state index contributed by atoms with van der Waals surface area (Å²) >= 11 is 0. The molecule has 0 aliphatic carbocycles. The lowest BCUT2D eigenvalue weighted by atomic mass is 10.0. The molecule has 2 aromatic rings. The highest BCUT2D eigenvalue weighted by atomic mass is 19.2. The number of halogens is 5. The number of carbonyl (C=O) groups is 1. The Hall–Kier alpha value is -2.97. The topological polar surface area (TPSA) is 41.9 Å². The van der Waals surface area contributed by atoms with Gasteiger partial charge in [0.2, 0.25) is 5.82 Å². The van der Waals surface area contributed by atoms with Gasteiger partial charge in [-0.25, -0.2) is 22.0 Å². The molecule has 0 radical (unpaired) electrons. The average molecular weight is 384 g/mol. The number of aryl methyl sites for hydroxylation is 1. The van der Waals surface area contributed by atoms with E-state index in [4.69, 9.17) is 4.84 Å². The van der Waals surface area contributed by atoms with Gasteiger partial charge in [-0.15, -0.1) is 0 Å². The Balaban J connectivity index is 1.68. The van der Waals surface area contributed by atoms with E-state index >= 15 is 0 Å². The minimum Gasteiger partial charge on any atom is -0.386 e. The van der Waals surface area contributed by atoms with E-state index in [0.717, 1.165) is 24.1 Å². The van der Waals surface area contributed by atoms with E-state index in [2.05, 4.69) is 5.16 Å². The van der Waals surface area contributed by atoms with E-state index in [1.54, 1.807) is 12.1 Å². The van der Waals surface area contributed by atoms with Gasteiger partial charge in [0.15, 0.2) is 29.9 Å². The fourth-order valence-electron chi connectivity index (χ4n) is 2.79. The number of rotatable bonds is 4. The number of benzene rings is 2. The van der Waals surface area contributed by atoms with E-state index in [1.807, 2.05) is 12.1 Å². The maximum absolute atomic E-state index is 13.5. The molecule has 0 atom stereocenters. The molecule has 1 amide bonds. The Morgan fingerprint density at radius 1 is 1.04 bits per heavy atom. The van der Waals surface area contributed by atoms with Crippen LogP contribution in [-0.2, 0) is 16.1 Å². The average Bonchev–Trinajstić information content (AvgIpc) is 2.69. The molecule has 0 bridgehead atoms. The van der Waals surface area contributed by atoms with Crippen LogP contribution >= 0.6 is 0 Å². The predicted octanol–water partition coefficient (Wildman–Crippen LogP) is 3.71. The van der Waals surface area contributed by atoms with Crippen LogP contribution < -0.4 is 4.90 Å². The zero-order valence-corrected chi connectivity index (χ0v) is 13.8. The molecule has 9 heteroatoms. The summed E-state index contributed by atoms with van der Waals surface area (Å²) in [5, 5.41) is 3.16. The Morgan fingerprint density at radius 2 is 1.67 bits per heavy atom. The zero-order chi connectivity index (χ0) is 19.6. The number of amides is 1. The molecule has 0 saturated heterocycles. The van der Waals surface area contributed by atoms with E-state index in [9.17, 15) is 26.7 Å². The standard InChI is InChI=1S/C18H13F5N2O2/c19-14-11(15(20)17(22)18(23)16(14)21)8-24-27-9-13(26)25-7-3-5-10-4-1-2-6-12(10)25/h1-2,4,6,8H,3,5,7,9H2. The van der Waals surface area contributed by atoms with Crippen LogP contribution in [0.5, 0.6) is 0 Å². The highest BCUT2D eigenvalue weighted by Crippen LogP contribution is 2.26. The summed E-state index contributed by atoms with van der Waals surface area (Å²) in [6.07, 6.45) is 1.93. The van der Waals surface area contributed by atoms with Crippen molar-refractivity contribution in [1.82, 2.24) is 0 Å². The highest BCUT2D eigenvalue weighted by molar-refractivity contribution is 5.95. The lowest BCUT2D eigenvalue weighted by molar-refractivity contribution is -0.123. The second kappa shape index (κ2) is 7.73. The Morgan fingerprint density at radius 3 is 2.37 bits per heavy atom. The second-order valence-electron chi connectivity index (χ2n) is 5.77. The van der Waals surface area contributed by atoms with Crippen molar-refractivity contribution in [1.29, 1.82) is 0 Å². The SMILES string of the molecule is O=C(CON=Cc1c(F)c(F)c(F)c(F)c1F)N1CCCc2ccccc21. The summed E-state index contributed by atoms with van der Waals surface area (Å²) in [7, 11) is 0. The van der Waals surface area contributed by atoms with Crippen molar-refractivity contribution < 1.29 is 31.6 Å². The van der Waals surface area contributed by atoms with Crippen molar-refractivity contribution in [3.8, 4) is 0 Å². The maximum atomic E-state index is 13.5. The van der Waals surface area contributed by atoms with Crippen LogP contribution in [0.4, 0.5) is 27.6 Å². The van der Waals surface area contributed by atoms with Gasteiger partial charge in [-0.3, -0.25) is 4.79 Å². The monoisotopic (exact) mass is 384 g/mol. The smallest absolute Gasteiger partial charge is 0.267 e. The fraction of sp³-hybridized carbons (Fsp3) is 0.222. The molecule has 0 unspecified atom stereocenters. The van der Waals surface area contributed by atoms with Gasteiger partial charge in [-0.1, -0.05) is 23.4 Å². The Kier molecular flexibility index (Phi) is 5.38. The van der Waals surface area contributed by atoms with Gasteiger partial charge in [0.05, 0.1) is 11.8 Å². The maximum Gasteiger partial charge on any atom is 0.267 e. The predicted molar refractivity (Wildman–Crippen MR) is 86.9 cm³/mol. The zero-order valence-electron chi connectivity index (χ0n) is 13.8. The minimum atomic E-state index is -2.26. The summed E-state index contributed by atoms with van der Waals surface area (Å²) in [5.41, 5.74) is 0.491. The number of nitrogens with zero attached hydrogens (tertiary/aromatic N) is 2. The van der Waals surface area contributed by atoms with Crippen LogP contribution in [0.15, 0.2) is 29.4 Å². The van der Waals surface area contributed by atoms with Crippen LogP contribution in [0.25, 0.3) is 0 Å². The third-order valence-corrected chi connectivity index (χ3v) is 4.10. The normalized spacial score (nSPS) is 13.7.